The number of hydrogen-bond acceptors (Lipinski definition) is 5. The van der Waals surface area contributed by atoms with E-state index in [9.17, 15) is 22.0 Å². The predicted octanol–water partition coefficient (Wildman–Crippen LogP) is 6.08. The van der Waals surface area contributed by atoms with Crippen LogP contribution in [0.25, 0.3) is 11.3 Å². The number of hydrazine groups is 1. The van der Waals surface area contributed by atoms with Gasteiger partial charge in [-0.1, -0.05) is 12.1 Å². The molecule has 0 saturated heterocycles. The third kappa shape index (κ3) is 6.07. The lowest BCUT2D eigenvalue weighted by Gasteiger charge is -2.19. The Morgan fingerprint density at radius 2 is 1.31 bits per heavy atom. The van der Waals surface area contributed by atoms with Crippen LogP contribution in [0.4, 0.5) is 19.3 Å². The highest BCUT2D eigenvalue weighted by molar-refractivity contribution is 7.90. The number of nitrogens with one attached hydrogen (secondary N) is 2. The summed E-state index contributed by atoms with van der Waals surface area (Å²) in [4.78, 5) is 13.3. The molecule has 0 radical (unpaired) electrons. The van der Waals surface area contributed by atoms with Gasteiger partial charge in [-0.3, -0.25) is 5.43 Å². The van der Waals surface area contributed by atoms with Crippen molar-refractivity contribution in [1.82, 2.24) is 10.4 Å². The Bertz CT molecular complexity index is 1580. The molecule has 39 heavy (non-hydrogen) atoms. The van der Waals surface area contributed by atoms with E-state index in [0.717, 1.165) is 17.4 Å². The molecule has 1 aliphatic heterocycles. The van der Waals surface area contributed by atoms with Gasteiger partial charge in [-0.05, 0) is 96.1 Å². The second kappa shape index (κ2) is 10.6. The Morgan fingerprint density at radius 3 is 1.85 bits per heavy atom. The number of rotatable bonds is 6. The molecule has 1 aliphatic rings. The maximum absolute atomic E-state index is 13.5. The average Bonchev–Trinajstić information content (AvgIpc) is 3.36. The molecule has 0 unspecified atom stereocenters. The number of benzene rings is 4. The van der Waals surface area contributed by atoms with Gasteiger partial charge in [-0.15, -0.1) is 0 Å². The molecule has 4 aromatic rings. The number of carbonyl (C=O) groups is 1. The fraction of sp³-hybridized carbons (Fsp3) is 0.0690. The molecule has 198 valence electrons. The lowest BCUT2D eigenvalue weighted by Crippen LogP contribution is -2.40. The topological polar surface area (TPSA) is 87.7 Å². The van der Waals surface area contributed by atoms with E-state index in [4.69, 9.17) is 4.74 Å². The number of amides is 2. The SMILES string of the molecule is CS(=O)(=O)c1ccc(Oc2ccc(NC(=O)N3CC(c4ccc(F)cc4)=C(c4ccc(F)cc4)N3)cc2)cc1. The van der Waals surface area contributed by atoms with E-state index in [1.54, 1.807) is 60.7 Å². The molecule has 0 bridgehead atoms. The van der Waals surface area contributed by atoms with Crippen LogP contribution in [0.2, 0.25) is 0 Å². The zero-order chi connectivity index (χ0) is 27.6. The van der Waals surface area contributed by atoms with E-state index >= 15 is 0 Å². The number of carbonyl (C=O) groups excluding carboxylic acids is 1. The smallest absolute Gasteiger partial charge is 0.340 e. The number of urea groups is 1. The van der Waals surface area contributed by atoms with E-state index in [0.29, 0.717) is 28.4 Å². The van der Waals surface area contributed by atoms with Crippen LogP contribution in [0.15, 0.2) is 102 Å². The molecule has 4 aromatic carbocycles. The van der Waals surface area contributed by atoms with Gasteiger partial charge in [0.2, 0.25) is 0 Å². The van der Waals surface area contributed by atoms with Crippen molar-refractivity contribution in [2.24, 2.45) is 0 Å². The molecule has 5 rings (SSSR count). The summed E-state index contributed by atoms with van der Waals surface area (Å²) in [6, 6.07) is 24.1. The highest BCUT2D eigenvalue weighted by Crippen LogP contribution is 2.31. The first-order chi connectivity index (χ1) is 18.7. The van der Waals surface area contributed by atoms with Gasteiger partial charge in [0.05, 0.1) is 17.1 Å². The van der Waals surface area contributed by atoms with E-state index in [2.05, 4.69) is 10.7 Å². The van der Waals surface area contributed by atoms with Gasteiger partial charge in [0.15, 0.2) is 9.84 Å². The fourth-order valence-corrected chi connectivity index (χ4v) is 4.66. The molecule has 0 fully saturated rings. The van der Waals surface area contributed by atoms with Gasteiger partial charge in [0.25, 0.3) is 0 Å². The number of sulfone groups is 1. The Hall–Kier alpha value is -4.70. The van der Waals surface area contributed by atoms with Gasteiger partial charge in [0.1, 0.15) is 23.1 Å². The summed E-state index contributed by atoms with van der Waals surface area (Å²) < 4.78 is 56.0. The largest absolute Gasteiger partial charge is 0.457 e. The van der Waals surface area contributed by atoms with Crippen LogP contribution in [0, 0.1) is 11.6 Å². The summed E-state index contributed by atoms with van der Waals surface area (Å²) in [5.74, 6) is 0.210. The second-order valence-corrected chi connectivity index (χ2v) is 10.9. The molecule has 0 aliphatic carbocycles. The van der Waals surface area contributed by atoms with E-state index < -0.39 is 15.9 Å². The van der Waals surface area contributed by atoms with Crippen molar-refractivity contribution in [3.8, 4) is 11.5 Å². The van der Waals surface area contributed by atoms with Crippen molar-refractivity contribution >= 4 is 32.8 Å². The lowest BCUT2D eigenvalue weighted by atomic mass is 10.0. The fourth-order valence-electron chi connectivity index (χ4n) is 4.03. The van der Waals surface area contributed by atoms with Crippen molar-refractivity contribution in [3.05, 3.63) is 120 Å². The first kappa shape index (κ1) is 25.9. The Labute approximate surface area is 224 Å². The van der Waals surface area contributed by atoms with Crippen molar-refractivity contribution in [1.29, 1.82) is 0 Å². The second-order valence-electron chi connectivity index (χ2n) is 8.87. The van der Waals surface area contributed by atoms with E-state index in [1.165, 1.54) is 41.4 Å². The van der Waals surface area contributed by atoms with Crippen molar-refractivity contribution in [3.63, 3.8) is 0 Å². The van der Waals surface area contributed by atoms with Crippen molar-refractivity contribution in [2.75, 3.05) is 18.1 Å². The van der Waals surface area contributed by atoms with Gasteiger partial charge < -0.3 is 10.1 Å². The summed E-state index contributed by atoms with van der Waals surface area (Å²) in [5.41, 5.74) is 6.37. The molecule has 10 heteroatoms. The maximum atomic E-state index is 13.5. The minimum absolute atomic E-state index is 0.189. The summed E-state index contributed by atoms with van der Waals surface area (Å²) >= 11 is 0. The molecule has 0 aromatic heterocycles. The number of nitrogens with zero attached hydrogens (tertiary/aromatic N) is 1. The van der Waals surface area contributed by atoms with Crippen LogP contribution in [0.5, 0.6) is 11.5 Å². The molecule has 1 heterocycles. The quantitative estimate of drug-likeness (QED) is 0.306. The summed E-state index contributed by atoms with van der Waals surface area (Å²) in [7, 11) is -3.30. The molecule has 2 N–H and O–H groups in total. The molecule has 2 amide bonds. The predicted molar refractivity (Wildman–Crippen MR) is 145 cm³/mol. The van der Waals surface area contributed by atoms with Crippen LogP contribution in [0.3, 0.4) is 0 Å². The van der Waals surface area contributed by atoms with Gasteiger partial charge in [0, 0.05) is 17.5 Å². The van der Waals surface area contributed by atoms with Crippen molar-refractivity contribution in [2.45, 2.75) is 4.90 Å². The Kier molecular flexibility index (Phi) is 7.03. The molecular formula is C29H23F2N3O4S. The van der Waals surface area contributed by atoms with Crippen LogP contribution in [-0.4, -0.2) is 32.3 Å². The zero-order valence-corrected chi connectivity index (χ0v) is 21.5. The van der Waals surface area contributed by atoms with Crippen molar-refractivity contribution < 1.29 is 26.7 Å². The number of hydrogen-bond donors (Lipinski definition) is 2. The highest BCUT2D eigenvalue weighted by Gasteiger charge is 2.27. The van der Waals surface area contributed by atoms with Crippen LogP contribution in [0.1, 0.15) is 11.1 Å². The molecule has 0 atom stereocenters. The lowest BCUT2D eigenvalue weighted by molar-refractivity contribution is 0.210. The maximum Gasteiger partial charge on any atom is 0.340 e. The normalized spacial score (nSPS) is 13.3. The minimum atomic E-state index is -3.30. The average molecular weight is 548 g/mol. The van der Waals surface area contributed by atoms with Gasteiger partial charge >= 0.3 is 6.03 Å². The summed E-state index contributed by atoms with van der Waals surface area (Å²) in [6.45, 7) is 0.189. The zero-order valence-electron chi connectivity index (χ0n) is 20.7. The van der Waals surface area contributed by atoms with Crippen LogP contribution < -0.4 is 15.5 Å². The highest BCUT2D eigenvalue weighted by atomic mass is 32.2. The number of ether oxygens (including phenoxy) is 1. The molecule has 7 nitrogen and oxygen atoms in total. The first-order valence-corrected chi connectivity index (χ1v) is 13.7. The first-order valence-electron chi connectivity index (χ1n) is 11.8. The number of halogens is 2. The van der Waals surface area contributed by atoms with E-state index in [1.807, 2.05) is 0 Å². The monoisotopic (exact) mass is 547 g/mol. The van der Waals surface area contributed by atoms with Crippen LogP contribution >= 0.6 is 0 Å². The third-order valence-corrected chi connectivity index (χ3v) is 7.16. The molecule has 0 saturated carbocycles. The van der Waals surface area contributed by atoms with E-state index in [-0.39, 0.29) is 23.1 Å². The standard InChI is InChI=1S/C29H23F2N3O4S/c1-39(36,37)26-16-14-25(15-17-26)38-24-12-10-23(11-13-24)32-29(35)34-18-27(19-2-6-21(30)7-3-19)28(33-34)20-4-8-22(31)9-5-20/h2-17,33H,18H2,1H3,(H,32,35). The Morgan fingerprint density at radius 1 is 0.795 bits per heavy atom. The van der Waals surface area contributed by atoms with Crippen LogP contribution in [-0.2, 0) is 9.84 Å². The summed E-state index contributed by atoms with van der Waals surface area (Å²) in [5, 5.41) is 4.20. The van der Waals surface area contributed by atoms with Gasteiger partial charge in [-0.2, -0.15) is 0 Å². The summed E-state index contributed by atoms with van der Waals surface area (Å²) in [6.07, 6.45) is 1.14. The number of anilines is 1. The minimum Gasteiger partial charge on any atom is -0.457 e. The van der Waals surface area contributed by atoms with Gasteiger partial charge in [-0.25, -0.2) is 27.0 Å². The Balaban J connectivity index is 1.28. The molecule has 0 spiro atoms. The third-order valence-electron chi connectivity index (χ3n) is 6.03. The molecular weight excluding hydrogens is 524 g/mol.